The number of rotatable bonds is 6. The molecule has 0 aliphatic carbocycles. The van der Waals surface area contributed by atoms with Crippen LogP contribution in [0.1, 0.15) is 52.3 Å². The molecule has 2 aliphatic rings. The number of nitrogens with zero attached hydrogens (tertiary/aromatic N) is 2. The second-order valence-corrected chi connectivity index (χ2v) is 9.77. The summed E-state index contributed by atoms with van der Waals surface area (Å²) in [5.74, 6) is 3.23. The minimum atomic E-state index is -0.183. The van der Waals surface area contributed by atoms with Crippen LogP contribution >= 0.6 is 0 Å². The van der Waals surface area contributed by atoms with Gasteiger partial charge in [-0.1, -0.05) is 0 Å². The highest BCUT2D eigenvalue weighted by atomic mass is 16.5. The van der Waals surface area contributed by atoms with Gasteiger partial charge >= 0.3 is 0 Å². The summed E-state index contributed by atoms with van der Waals surface area (Å²) in [4.78, 5) is 23.2. The van der Waals surface area contributed by atoms with Crippen molar-refractivity contribution in [2.24, 2.45) is 5.92 Å². The number of piperidine rings is 1. The third-order valence-corrected chi connectivity index (χ3v) is 6.36. The van der Waals surface area contributed by atoms with Gasteiger partial charge in [-0.15, -0.1) is 0 Å². The zero-order valence-corrected chi connectivity index (χ0v) is 18.7. The lowest BCUT2D eigenvalue weighted by molar-refractivity contribution is -0.125. The quantitative estimate of drug-likeness (QED) is 0.758. The van der Waals surface area contributed by atoms with Gasteiger partial charge in [0.2, 0.25) is 5.91 Å². The molecule has 2 N–H and O–H groups in total. The number of carbonyl (C=O) groups is 1. The van der Waals surface area contributed by atoms with Gasteiger partial charge in [-0.3, -0.25) is 9.69 Å². The van der Waals surface area contributed by atoms with Gasteiger partial charge in [0.15, 0.2) is 0 Å². The summed E-state index contributed by atoms with van der Waals surface area (Å²) in [5.41, 5.74) is 1.54. The molecule has 7 heteroatoms. The standard InChI is InChI=1S/C23H34N4O3/c1-23(2,3)26-20(28)13-27-15-6-7-16(27)11-14(10-15)12-19-24-21-17(29-4)8-9-18(30-5)22(21)25-19/h8-9,14-16H,6-7,10-13H2,1-5H3,(H,24,25)(H,26,28)/t14?,15-,16+. The normalized spacial score (nSPS) is 24.2. The lowest BCUT2D eigenvalue weighted by Crippen LogP contribution is -2.51. The molecule has 1 aromatic heterocycles. The summed E-state index contributed by atoms with van der Waals surface area (Å²) in [6.07, 6.45) is 5.52. The Balaban J connectivity index is 1.44. The zero-order chi connectivity index (χ0) is 21.5. The largest absolute Gasteiger partial charge is 0.494 e. The summed E-state index contributed by atoms with van der Waals surface area (Å²) >= 11 is 0. The van der Waals surface area contributed by atoms with E-state index in [2.05, 4.69) is 15.2 Å². The molecule has 4 rings (SSSR count). The van der Waals surface area contributed by atoms with Crippen molar-refractivity contribution >= 4 is 16.9 Å². The molecule has 1 aromatic carbocycles. The van der Waals surface area contributed by atoms with Crippen molar-refractivity contribution < 1.29 is 14.3 Å². The maximum Gasteiger partial charge on any atom is 0.234 e. The van der Waals surface area contributed by atoms with Gasteiger partial charge < -0.3 is 19.8 Å². The van der Waals surface area contributed by atoms with E-state index >= 15 is 0 Å². The summed E-state index contributed by atoms with van der Waals surface area (Å²) in [6, 6.07) is 4.79. The average Bonchev–Trinajstić information content (AvgIpc) is 3.17. The molecule has 2 fully saturated rings. The number of aromatic amines is 1. The summed E-state index contributed by atoms with van der Waals surface area (Å²) < 4.78 is 11.0. The fourth-order valence-corrected chi connectivity index (χ4v) is 5.23. The Labute approximate surface area is 178 Å². The highest BCUT2D eigenvalue weighted by Gasteiger charge is 2.41. The van der Waals surface area contributed by atoms with Crippen LogP contribution in [-0.2, 0) is 11.2 Å². The van der Waals surface area contributed by atoms with Gasteiger partial charge in [0, 0.05) is 24.0 Å². The van der Waals surface area contributed by atoms with Gasteiger partial charge in [-0.25, -0.2) is 4.98 Å². The van der Waals surface area contributed by atoms with Crippen molar-refractivity contribution in [3.8, 4) is 11.5 Å². The Morgan fingerprint density at radius 1 is 1.17 bits per heavy atom. The van der Waals surface area contributed by atoms with E-state index in [1.165, 1.54) is 12.8 Å². The molecule has 2 saturated heterocycles. The van der Waals surface area contributed by atoms with Crippen LogP contribution in [0.5, 0.6) is 11.5 Å². The molecule has 0 radical (unpaired) electrons. The highest BCUT2D eigenvalue weighted by Crippen LogP contribution is 2.40. The third-order valence-electron chi connectivity index (χ3n) is 6.36. The van der Waals surface area contributed by atoms with E-state index in [0.29, 0.717) is 24.5 Å². The monoisotopic (exact) mass is 414 g/mol. The lowest BCUT2D eigenvalue weighted by atomic mass is 9.88. The number of aromatic nitrogens is 2. The van der Waals surface area contributed by atoms with Crippen LogP contribution in [0.15, 0.2) is 12.1 Å². The molecule has 2 aromatic rings. The van der Waals surface area contributed by atoms with E-state index < -0.39 is 0 Å². The fraction of sp³-hybridized carbons (Fsp3) is 0.652. The molecule has 1 amide bonds. The Morgan fingerprint density at radius 2 is 1.80 bits per heavy atom. The summed E-state index contributed by atoms with van der Waals surface area (Å²) in [6.45, 7) is 6.60. The van der Waals surface area contributed by atoms with Crippen LogP contribution < -0.4 is 14.8 Å². The molecule has 7 nitrogen and oxygen atoms in total. The number of fused-ring (bicyclic) bond motifs is 3. The number of H-pyrrole nitrogens is 1. The predicted molar refractivity (Wildman–Crippen MR) is 117 cm³/mol. The maximum absolute atomic E-state index is 12.4. The van der Waals surface area contributed by atoms with E-state index in [-0.39, 0.29) is 11.4 Å². The topological polar surface area (TPSA) is 79.5 Å². The minimum Gasteiger partial charge on any atom is -0.494 e. The number of imidazole rings is 1. The smallest absolute Gasteiger partial charge is 0.234 e. The summed E-state index contributed by atoms with van der Waals surface area (Å²) in [7, 11) is 3.34. The summed E-state index contributed by atoms with van der Waals surface area (Å²) in [5, 5.41) is 3.10. The number of benzene rings is 1. The molecule has 3 atom stereocenters. The number of nitrogens with one attached hydrogen (secondary N) is 2. The number of carbonyl (C=O) groups excluding carboxylic acids is 1. The molecule has 3 heterocycles. The van der Waals surface area contributed by atoms with Crippen LogP contribution in [0.2, 0.25) is 0 Å². The van der Waals surface area contributed by atoms with Crippen molar-refractivity contribution in [1.29, 1.82) is 0 Å². The molecule has 0 spiro atoms. The SMILES string of the molecule is COc1ccc(OC)c2[nH]c(CC3C[C@H]4CC[C@@H](C3)N4CC(=O)NC(C)(C)C)nc12. The number of hydrogen-bond donors (Lipinski definition) is 2. The first-order chi connectivity index (χ1) is 14.3. The number of ether oxygens (including phenoxy) is 2. The van der Waals surface area contributed by atoms with Crippen molar-refractivity contribution in [1.82, 2.24) is 20.2 Å². The first kappa shape index (κ1) is 21.0. The predicted octanol–water partition coefficient (Wildman–Crippen LogP) is 3.28. The van der Waals surface area contributed by atoms with Crippen molar-refractivity contribution in [3.63, 3.8) is 0 Å². The van der Waals surface area contributed by atoms with E-state index in [1.54, 1.807) is 14.2 Å². The molecular weight excluding hydrogens is 380 g/mol. The second-order valence-electron chi connectivity index (χ2n) is 9.77. The van der Waals surface area contributed by atoms with Gasteiger partial charge in [-0.05, 0) is 64.5 Å². The molecule has 0 saturated carbocycles. The van der Waals surface area contributed by atoms with Crippen molar-refractivity contribution in [3.05, 3.63) is 18.0 Å². The molecular formula is C23H34N4O3. The Morgan fingerprint density at radius 3 is 2.40 bits per heavy atom. The van der Waals surface area contributed by atoms with Crippen LogP contribution in [0.3, 0.4) is 0 Å². The molecule has 2 aliphatic heterocycles. The molecule has 1 unspecified atom stereocenters. The van der Waals surface area contributed by atoms with Crippen LogP contribution in [0, 0.1) is 5.92 Å². The Kier molecular flexibility index (Phi) is 5.66. The first-order valence-corrected chi connectivity index (χ1v) is 10.9. The maximum atomic E-state index is 12.4. The van der Waals surface area contributed by atoms with Gasteiger partial charge in [-0.2, -0.15) is 0 Å². The van der Waals surface area contributed by atoms with Crippen molar-refractivity contribution in [2.75, 3.05) is 20.8 Å². The second kappa shape index (κ2) is 8.10. The van der Waals surface area contributed by atoms with Gasteiger partial charge in [0.25, 0.3) is 0 Å². The fourth-order valence-electron chi connectivity index (χ4n) is 5.23. The minimum absolute atomic E-state index is 0.134. The van der Waals surface area contributed by atoms with E-state index in [1.807, 2.05) is 32.9 Å². The van der Waals surface area contributed by atoms with E-state index in [9.17, 15) is 4.79 Å². The van der Waals surface area contributed by atoms with Crippen LogP contribution in [0.25, 0.3) is 11.0 Å². The average molecular weight is 415 g/mol. The van der Waals surface area contributed by atoms with Crippen molar-refractivity contribution in [2.45, 2.75) is 70.5 Å². The number of amides is 1. The Hall–Kier alpha value is -2.28. The van der Waals surface area contributed by atoms with Gasteiger partial charge in [0.1, 0.15) is 28.4 Å². The lowest BCUT2D eigenvalue weighted by Gasteiger charge is -2.38. The third kappa shape index (κ3) is 4.26. The molecule has 2 bridgehead atoms. The zero-order valence-electron chi connectivity index (χ0n) is 18.7. The molecule has 30 heavy (non-hydrogen) atoms. The van der Waals surface area contributed by atoms with Crippen LogP contribution in [0.4, 0.5) is 0 Å². The highest BCUT2D eigenvalue weighted by molar-refractivity contribution is 5.87. The first-order valence-electron chi connectivity index (χ1n) is 10.9. The van der Waals surface area contributed by atoms with Gasteiger partial charge in [0.05, 0.1) is 20.8 Å². The van der Waals surface area contributed by atoms with Crippen LogP contribution in [-0.4, -0.2) is 59.2 Å². The number of methoxy groups -OCH3 is 2. The molecule has 164 valence electrons. The Bertz CT molecular complexity index is 862. The van der Waals surface area contributed by atoms with E-state index in [4.69, 9.17) is 14.5 Å². The number of hydrogen-bond acceptors (Lipinski definition) is 5. The van der Waals surface area contributed by atoms with E-state index in [0.717, 1.165) is 47.6 Å².